The highest BCUT2D eigenvalue weighted by molar-refractivity contribution is 6.34. The van der Waals surface area contributed by atoms with Gasteiger partial charge in [0, 0.05) is 30.0 Å². The molecule has 3 aromatic carbocycles. The molecule has 0 heterocycles. The van der Waals surface area contributed by atoms with E-state index in [1.807, 2.05) is 0 Å². The fourth-order valence-electron chi connectivity index (χ4n) is 2.78. The molecule has 3 aromatic rings. The van der Waals surface area contributed by atoms with Gasteiger partial charge in [0.15, 0.2) is 0 Å². The van der Waals surface area contributed by atoms with Crippen LogP contribution in [0.1, 0.15) is 15.9 Å². The van der Waals surface area contributed by atoms with Gasteiger partial charge in [-0.3, -0.25) is 29.8 Å². The normalized spacial score (nSPS) is 10.9. The Morgan fingerprint density at radius 2 is 1.48 bits per heavy atom. The standard InChI is InChI=1S/C22H15ClN4O6/c23-19-10-2-1-9-18(19)21(28)25-20(12-14-5-3-7-16(11-14)26(30)31)22(29)24-15-6-4-8-17(13-15)27(32)33/h1-13H,(H,24,29)(H,25,28). The van der Waals surface area contributed by atoms with E-state index in [0.29, 0.717) is 0 Å². The van der Waals surface area contributed by atoms with E-state index in [4.69, 9.17) is 11.6 Å². The van der Waals surface area contributed by atoms with Crippen LogP contribution in [0.2, 0.25) is 5.02 Å². The lowest BCUT2D eigenvalue weighted by Crippen LogP contribution is -2.31. The number of carbonyl (C=O) groups is 2. The lowest BCUT2D eigenvalue weighted by Gasteiger charge is -2.12. The number of benzene rings is 3. The molecule has 166 valence electrons. The number of hydrogen-bond donors (Lipinski definition) is 2. The molecular formula is C22H15ClN4O6. The molecule has 0 unspecified atom stereocenters. The molecule has 10 nitrogen and oxygen atoms in total. The van der Waals surface area contributed by atoms with E-state index in [0.717, 1.165) is 6.07 Å². The van der Waals surface area contributed by atoms with Crippen LogP contribution in [0.5, 0.6) is 0 Å². The minimum Gasteiger partial charge on any atom is -0.320 e. The Balaban J connectivity index is 1.96. The summed E-state index contributed by atoms with van der Waals surface area (Å²) in [5.74, 6) is -1.49. The van der Waals surface area contributed by atoms with E-state index >= 15 is 0 Å². The summed E-state index contributed by atoms with van der Waals surface area (Å²) in [6.45, 7) is 0. The highest BCUT2D eigenvalue weighted by Gasteiger charge is 2.18. The number of nitro benzene ring substituents is 2. The summed E-state index contributed by atoms with van der Waals surface area (Å²) in [5, 5.41) is 27.1. The van der Waals surface area contributed by atoms with Gasteiger partial charge in [0.2, 0.25) is 0 Å². The summed E-state index contributed by atoms with van der Waals surface area (Å²) >= 11 is 6.06. The van der Waals surface area contributed by atoms with Crippen molar-refractivity contribution in [3.05, 3.63) is 115 Å². The maximum atomic E-state index is 12.9. The van der Waals surface area contributed by atoms with Crippen molar-refractivity contribution in [1.29, 1.82) is 0 Å². The largest absolute Gasteiger partial charge is 0.320 e. The third-order valence-corrected chi connectivity index (χ3v) is 4.65. The lowest BCUT2D eigenvalue weighted by atomic mass is 10.1. The van der Waals surface area contributed by atoms with Gasteiger partial charge in [-0.05, 0) is 29.8 Å². The van der Waals surface area contributed by atoms with E-state index in [1.165, 1.54) is 60.7 Å². The second-order valence-corrected chi connectivity index (χ2v) is 7.01. The predicted molar refractivity (Wildman–Crippen MR) is 122 cm³/mol. The third-order valence-electron chi connectivity index (χ3n) is 4.32. The number of nitro groups is 2. The van der Waals surface area contributed by atoms with Crippen molar-refractivity contribution in [2.45, 2.75) is 0 Å². The van der Waals surface area contributed by atoms with E-state index in [9.17, 15) is 29.8 Å². The smallest absolute Gasteiger partial charge is 0.272 e. The van der Waals surface area contributed by atoms with Crippen LogP contribution < -0.4 is 10.6 Å². The van der Waals surface area contributed by atoms with Gasteiger partial charge in [0.25, 0.3) is 23.2 Å². The number of nitrogens with zero attached hydrogens (tertiary/aromatic N) is 2. The molecule has 33 heavy (non-hydrogen) atoms. The molecule has 11 heteroatoms. The van der Waals surface area contributed by atoms with Crippen molar-refractivity contribution in [1.82, 2.24) is 5.32 Å². The quantitative estimate of drug-likeness (QED) is 0.296. The van der Waals surface area contributed by atoms with Gasteiger partial charge in [-0.15, -0.1) is 0 Å². The second-order valence-electron chi connectivity index (χ2n) is 6.61. The number of hydrogen-bond acceptors (Lipinski definition) is 6. The number of halogens is 1. The fraction of sp³-hybridized carbons (Fsp3) is 0. The van der Waals surface area contributed by atoms with Crippen LogP contribution in [-0.4, -0.2) is 21.7 Å². The molecule has 3 rings (SSSR count). The highest BCUT2D eigenvalue weighted by Crippen LogP contribution is 2.20. The zero-order valence-corrected chi connectivity index (χ0v) is 17.5. The molecule has 0 aliphatic rings. The Morgan fingerprint density at radius 1 is 0.848 bits per heavy atom. The second kappa shape index (κ2) is 10.2. The topological polar surface area (TPSA) is 144 Å². The maximum Gasteiger partial charge on any atom is 0.272 e. The van der Waals surface area contributed by atoms with Gasteiger partial charge in [0.05, 0.1) is 20.4 Å². The Bertz CT molecular complexity index is 1290. The van der Waals surface area contributed by atoms with Crippen LogP contribution in [0.15, 0.2) is 78.5 Å². The number of carbonyl (C=O) groups excluding carboxylic acids is 2. The molecule has 0 fully saturated rings. The lowest BCUT2D eigenvalue weighted by molar-refractivity contribution is -0.385. The number of non-ortho nitro benzene ring substituents is 2. The van der Waals surface area contributed by atoms with E-state index in [-0.39, 0.29) is 38.9 Å². The van der Waals surface area contributed by atoms with Gasteiger partial charge < -0.3 is 10.6 Å². The Kier molecular flexibility index (Phi) is 7.11. The van der Waals surface area contributed by atoms with Crippen LogP contribution in [-0.2, 0) is 4.79 Å². The summed E-state index contributed by atoms with van der Waals surface area (Å²) in [4.78, 5) is 46.5. The molecule has 0 saturated heterocycles. The number of rotatable bonds is 7. The van der Waals surface area contributed by atoms with Gasteiger partial charge in [-0.25, -0.2) is 0 Å². The fourth-order valence-corrected chi connectivity index (χ4v) is 3.01. The first-order valence-corrected chi connectivity index (χ1v) is 9.70. The first-order valence-electron chi connectivity index (χ1n) is 9.32. The molecule has 0 radical (unpaired) electrons. The molecule has 0 spiro atoms. The highest BCUT2D eigenvalue weighted by atomic mass is 35.5. The van der Waals surface area contributed by atoms with Crippen molar-refractivity contribution >= 4 is 46.6 Å². The Hall–Kier alpha value is -4.57. The van der Waals surface area contributed by atoms with Gasteiger partial charge in [0.1, 0.15) is 5.70 Å². The van der Waals surface area contributed by atoms with Crippen molar-refractivity contribution in [2.24, 2.45) is 0 Å². The van der Waals surface area contributed by atoms with Crippen molar-refractivity contribution < 1.29 is 19.4 Å². The molecule has 2 N–H and O–H groups in total. The Labute approximate surface area is 191 Å². The van der Waals surface area contributed by atoms with Crippen molar-refractivity contribution in [3.8, 4) is 0 Å². The number of nitrogens with one attached hydrogen (secondary N) is 2. The summed E-state index contributed by atoms with van der Waals surface area (Å²) in [7, 11) is 0. The molecule has 0 aliphatic carbocycles. The van der Waals surface area contributed by atoms with Crippen LogP contribution in [0.4, 0.5) is 17.1 Å². The summed E-state index contributed by atoms with van der Waals surface area (Å²) in [5.41, 5.74) is -0.213. The Morgan fingerprint density at radius 3 is 2.15 bits per heavy atom. The van der Waals surface area contributed by atoms with Crippen LogP contribution >= 0.6 is 11.6 Å². The number of amides is 2. The van der Waals surface area contributed by atoms with Crippen LogP contribution in [0.3, 0.4) is 0 Å². The predicted octanol–water partition coefficient (Wildman–Crippen LogP) is 4.57. The van der Waals surface area contributed by atoms with Gasteiger partial charge >= 0.3 is 0 Å². The van der Waals surface area contributed by atoms with Gasteiger partial charge in [-0.2, -0.15) is 0 Å². The van der Waals surface area contributed by atoms with E-state index in [1.54, 1.807) is 12.1 Å². The molecule has 0 atom stereocenters. The van der Waals surface area contributed by atoms with E-state index in [2.05, 4.69) is 10.6 Å². The molecule has 0 aliphatic heterocycles. The molecular weight excluding hydrogens is 452 g/mol. The molecule has 0 aromatic heterocycles. The third kappa shape index (κ3) is 5.99. The van der Waals surface area contributed by atoms with E-state index < -0.39 is 21.7 Å². The zero-order valence-electron chi connectivity index (χ0n) is 16.7. The zero-order chi connectivity index (χ0) is 24.0. The SMILES string of the molecule is O=C(Nc1cccc([N+](=O)[O-])c1)C(=Cc1cccc([N+](=O)[O-])c1)NC(=O)c1ccccc1Cl. The number of anilines is 1. The van der Waals surface area contributed by atoms with Crippen molar-refractivity contribution in [3.63, 3.8) is 0 Å². The van der Waals surface area contributed by atoms with Crippen LogP contribution in [0.25, 0.3) is 6.08 Å². The average Bonchev–Trinajstić information content (AvgIpc) is 2.79. The minimum absolute atomic E-state index is 0.104. The summed E-state index contributed by atoms with van der Waals surface area (Å²) < 4.78 is 0. The summed E-state index contributed by atoms with van der Waals surface area (Å²) in [6, 6.07) is 16.9. The van der Waals surface area contributed by atoms with Crippen molar-refractivity contribution in [2.75, 3.05) is 5.32 Å². The molecule has 0 saturated carbocycles. The monoisotopic (exact) mass is 466 g/mol. The molecule has 0 bridgehead atoms. The summed E-state index contributed by atoms with van der Waals surface area (Å²) in [6.07, 6.45) is 1.24. The van der Waals surface area contributed by atoms with Crippen LogP contribution in [0, 0.1) is 20.2 Å². The average molecular weight is 467 g/mol. The minimum atomic E-state index is -0.803. The molecule has 2 amide bonds. The first-order chi connectivity index (χ1) is 15.7. The maximum absolute atomic E-state index is 12.9. The van der Waals surface area contributed by atoms with Gasteiger partial charge in [-0.1, -0.05) is 41.9 Å². The first kappa shape index (κ1) is 23.1.